The number of hydrogen-bond acceptors (Lipinski definition) is 3. The number of fused-ring (bicyclic) bond motifs is 1. The SMILES string of the molecule is Cn1nc(C(F)(F)F)cc1-c1nc2ccc(-c3ccccc3OC(F)(F)F)cc2[nH]1. The Morgan fingerprint density at radius 2 is 1.70 bits per heavy atom. The summed E-state index contributed by atoms with van der Waals surface area (Å²) < 4.78 is 81.9. The van der Waals surface area contributed by atoms with Gasteiger partial charge < -0.3 is 9.72 Å². The van der Waals surface area contributed by atoms with Crippen molar-refractivity contribution in [3.63, 3.8) is 0 Å². The van der Waals surface area contributed by atoms with Crippen molar-refractivity contribution in [3.05, 3.63) is 54.2 Å². The molecule has 0 radical (unpaired) electrons. The summed E-state index contributed by atoms with van der Waals surface area (Å²) in [4.78, 5) is 7.15. The van der Waals surface area contributed by atoms with Gasteiger partial charge in [-0.25, -0.2) is 4.98 Å². The first-order chi connectivity index (χ1) is 14.0. The number of ether oxygens (including phenoxy) is 1. The highest BCUT2D eigenvalue weighted by Crippen LogP contribution is 2.35. The van der Waals surface area contributed by atoms with Gasteiger partial charge in [0.2, 0.25) is 0 Å². The summed E-state index contributed by atoms with van der Waals surface area (Å²) in [7, 11) is 1.36. The molecule has 0 saturated carbocycles. The molecule has 156 valence electrons. The minimum Gasteiger partial charge on any atom is -0.405 e. The van der Waals surface area contributed by atoms with Gasteiger partial charge in [0.1, 0.15) is 11.4 Å². The van der Waals surface area contributed by atoms with Crippen molar-refractivity contribution in [2.75, 3.05) is 0 Å². The Bertz CT molecular complexity index is 1220. The molecule has 0 atom stereocenters. The normalized spacial score (nSPS) is 12.5. The van der Waals surface area contributed by atoms with E-state index in [1.807, 2.05) is 0 Å². The largest absolute Gasteiger partial charge is 0.573 e. The van der Waals surface area contributed by atoms with E-state index >= 15 is 0 Å². The molecule has 0 bridgehead atoms. The van der Waals surface area contributed by atoms with Gasteiger partial charge in [0, 0.05) is 12.6 Å². The van der Waals surface area contributed by atoms with Gasteiger partial charge >= 0.3 is 12.5 Å². The van der Waals surface area contributed by atoms with Crippen molar-refractivity contribution in [1.82, 2.24) is 19.7 Å². The van der Waals surface area contributed by atoms with E-state index in [1.165, 1.54) is 25.2 Å². The lowest BCUT2D eigenvalue weighted by molar-refractivity contribution is -0.274. The van der Waals surface area contributed by atoms with Crippen molar-refractivity contribution in [1.29, 1.82) is 0 Å². The molecule has 0 spiro atoms. The molecule has 0 unspecified atom stereocenters. The highest BCUT2D eigenvalue weighted by atomic mass is 19.4. The van der Waals surface area contributed by atoms with Crippen molar-refractivity contribution >= 4 is 11.0 Å². The molecule has 2 aromatic heterocycles. The molecule has 0 aliphatic carbocycles. The average molecular weight is 426 g/mol. The van der Waals surface area contributed by atoms with E-state index < -0.39 is 18.2 Å². The number of para-hydroxylation sites is 1. The van der Waals surface area contributed by atoms with E-state index in [0.29, 0.717) is 16.6 Å². The number of alkyl halides is 6. The summed E-state index contributed by atoms with van der Waals surface area (Å²) in [5.41, 5.74) is 0.531. The Morgan fingerprint density at radius 3 is 2.37 bits per heavy atom. The Morgan fingerprint density at radius 1 is 0.967 bits per heavy atom. The lowest BCUT2D eigenvalue weighted by Crippen LogP contribution is -2.17. The predicted octanol–water partition coefficient (Wildman–Crippen LogP) is 5.55. The van der Waals surface area contributed by atoms with Gasteiger partial charge in [0.05, 0.1) is 11.0 Å². The second-order valence-electron chi connectivity index (χ2n) is 6.40. The van der Waals surface area contributed by atoms with Crippen LogP contribution >= 0.6 is 0 Å². The standard InChI is InChI=1S/C19H12F6N4O/c1-29-14(9-16(28-29)18(20,21)22)17-26-12-7-6-10(8-13(12)27-17)11-4-2-3-5-15(11)30-19(23,24)25/h2-9H,1H3,(H,26,27). The maximum atomic E-state index is 12.9. The number of H-pyrrole nitrogens is 1. The van der Waals surface area contributed by atoms with Crippen LogP contribution in [0, 0.1) is 0 Å². The lowest BCUT2D eigenvalue weighted by atomic mass is 10.0. The maximum absolute atomic E-state index is 12.9. The number of aryl methyl sites for hydroxylation is 1. The van der Waals surface area contributed by atoms with Gasteiger partial charge in [-0.15, -0.1) is 13.2 Å². The van der Waals surface area contributed by atoms with Crippen LogP contribution in [0.5, 0.6) is 5.75 Å². The molecule has 2 aromatic carbocycles. The summed E-state index contributed by atoms with van der Waals surface area (Å²) in [5.74, 6) is -0.224. The minimum atomic E-state index is -4.85. The van der Waals surface area contributed by atoms with E-state index in [2.05, 4.69) is 19.8 Å². The van der Waals surface area contributed by atoms with Gasteiger partial charge in [0.15, 0.2) is 11.5 Å². The number of benzene rings is 2. The third-order valence-corrected chi connectivity index (χ3v) is 4.32. The summed E-state index contributed by atoms with van der Waals surface area (Å²) in [6.07, 6.45) is -9.45. The molecular formula is C19H12F6N4O. The van der Waals surface area contributed by atoms with Crippen LogP contribution < -0.4 is 4.74 Å². The van der Waals surface area contributed by atoms with Crippen LogP contribution in [0.3, 0.4) is 0 Å². The Labute approximate surface area is 164 Å². The molecule has 0 fully saturated rings. The number of halogens is 6. The molecule has 0 amide bonds. The fraction of sp³-hybridized carbons (Fsp3) is 0.158. The summed E-state index contributed by atoms with van der Waals surface area (Å²) in [6, 6.07) is 11.2. The van der Waals surface area contributed by atoms with Crippen molar-refractivity contribution in [2.24, 2.45) is 7.05 Å². The van der Waals surface area contributed by atoms with Crippen LogP contribution in [0.15, 0.2) is 48.5 Å². The topological polar surface area (TPSA) is 55.7 Å². The molecule has 0 aliphatic rings. The number of rotatable bonds is 3. The monoisotopic (exact) mass is 426 g/mol. The summed E-state index contributed by atoms with van der Waals surface area (Å²) in [6.45, 7) is 0. The second-order valence-corrected chi connectivity index (χ2v) is 6.40. The molecule has 11 heteroatoms. The Balaban J connectivity index is 1.76. The predicted molar refractivity (Wildman–Crippen MR) is 95.4 cm³/mol. The molecule has 4 aromatic rings. The smallest absolute Gasteiger partial charge is 0.405 e. The van der Waals surface area contributed by atoms with Gasteiger partial charge in [-0.3, -0.25) is 4.68 Å². The molecular weight excluding hydrogens is 414 g/mol. The number of aromatic nitrogens is 4. The van der Waals surface area contributed by atoms with E-state index in [1.54, 1.807) is 24.3 Å². The summed E-state index contributed by atoms with van der Waals surface area (Å²) in [5, 5.41) is 3.45. The summed E-state index contributed by atoms with van der Waals surface area (Å²) >= 11 is 0. The van der Waals surface area contributed by atoms with Crippen LogP contribution in [-0.2, 0) is 13.2 Å². The average Bonchev–Trinajstić information content (AvgIpc) is 3.23. The van der Waals surface area contributed by atoms with Crippen molar-refractivity contribution in [2.45, 2.75) is 12.5 Å². The molecule has 5 nitrogen and oxygen atoms in total. The highest BCUT2D eigenvalue weighted by molar-refractivity contribution is 5.85. The quantitative estimate of drug-likeness (QED) is 0.437. The zero-order valence-electron chi connectivity index (χ0n) is 15.1. The zero-order chi connectivity index (χ0) is 21.7. The van der Waals surface area contributed by atoms with Crippen molar-refractivity contribution in [3.8, 4) is 28.4 Å². The van der Waals surface area contributed by atoms with Gasteiger partial charge in [0.25, 0.3) is 0 Å². The third kappa shape index (κ3) is 3.82. The van der Waals surface area contributed by atoms with Crippen LogP contribution in [0.1, 0.15) is 5.69 Å². The van der Waals surface area contributed by atoms with Gasteiger partial charge in [-0.2, -0.15) is 18.3 Å². The van der Waals surface area contributed by atoms with Crippen LogP contribution in [0.25, 0.3) is 33.7 Å². The zero-order valence-corrected chi connectivity index (χ0v) is 15.1. The minimum absolute atomic E-state index is 0.112. The number of nitrogens with zero attached hydrogens (tertiary/aromatic N) is 3. The number of hydrogen-bond donors (Lipinski definition) is 1. The van der Waals surface area contributed by atoms with Crippen LogP contribution in [0.2, 0.25) is 0 Å². The van der Waals surface area contributed by atoms with Crippen molar-refractivity contribution < 1.29 is 31.1 Å². The fourth-order valence-electron chi connectivity index (χ4n) is 3.04. The Hall–Kier alpha value is -3.50. The first-order valence-corrected chi connectivity index (χ1v) is 8.48. The lowest BCUT2D eigenvalue weighted by Gasteiger charge is -2.13. The van der Waals surface area contributed by atoms with Crippen LogP contribution in [-0.4, -0.2) is 26.1 Å². The van der Waals surface area contributed by atoms with Crippen LogP contribution in [0.4, 0.5) is 26.3 Å². The van der Waals surface area contributed by atoms with Gasteiger partial charge in [-0.05, 0) is 29.8 Å². The molecule has 1 N–H and O–H groups in total. The van der Waals surface area contributed by atoms with E-state index in [4.69, 9.17) is 0 Å². The third-order valence-electron chi connectivity index (χ3n) is 4.32. The molecule has 30 heavy (non-hydrogen) atoms. The number of aromatic amines is 1. The Kier molecular flexibility index (Phi) is 4.48. The first-order valence-electron chi connectivity index (χ1n) is 8.48. The first kappa shape index (κ1) is 19.8. The van der Waals surface area contributed by atoms with Gasteiger partial charge in [-0.1, -0.05) is 24.3 Å². The molecule has 0 saturated heterocycles. The maximum Gasteiger partial charge on any atom is 0.573 e. The van der Waals surface area contributed by atoms with E-state index in [-0.39, 0.29) is 22.8 Å². The highest BCUT2D eigenvalue weighted by Gasteiger charge is 2.35. The number of nitrogens with one attached hydrogen (secondary N) is 1. The molecule has 0 aliphatic heterocycles. The van der Waals surface area contributed by atoms with E-state index in [0.717, 1.165) is 10.7 Å². The molecule has 4 rings (SSSR count). The van der Waals surface area contributed by atoms with E-state index in [9.17, 15) is 26.3 Å². The second kappa shape index (κ2) is 6.78. The molecule has 2 heterocycles. The number of imidazole rings is 1. The fourth-order valence-corrected chi connectivity index (χ4v) is 3.04.